The van der Waals surface area contributed by atoms with Crippen molar-refractivity contribution in [2.24, 2.45) is 0 Å². The average molecular weight is 231 g/mol. The van der Waals surface area contributed by atoms with E-state index in [1.807, 2.05) is 25.1 Å². The van der Waals surface area contributed by atoms with Gasteiger partial charge in [-0.1, -0.05) is 12.1 Å². The van der Waals surface area contributed by atoms with Gasteiger partial charge in [-0.15, -0.1) is 0 Å². The summed E-state index contributed by atoms with van der Waals surface area (Å²) in [5, 5.41) is 0.806. The van der Waals surface area contributed by atoms with Crippen LogP contribution in [0.4, 0.5) is 0 Å². The molecule has 0 N–H and O–H groups in total. The third kappa shape index (κ3) is 1.93. The molecule has 0 radical (unpaired) electrons. The molecule has 0 fully saturated rings. The summed E-state index contributed by atoms with van der Waals surface area (Å²) < 4.78 is 9.86. The minimum Gasteiger partial charge on any atom is -0.481 e. The second-order valence-electron chi connectivity index (χ2n) is 3.67. The number of pyridine rings is 1. The standard InChI is InChI=1S/C13H13NO3/c1-8-5-4-6-10-12(8)9(13(15)17-3)7-11(14-10)16-2/h4-7H,1-3H3. The SMILES string of the molecule is COC(=O)c1cc(OC)nc2cccc(C)c12. The fraction of sp³-hybridized carbons (Fsp3) is 0.231. The second-order valence-corrected chi connectivity index (χ2v) is 3.67. The smallest absolute Gasteiger partial charge is 0.338 e. The van der Waals surface area contributed by atoms with Crippen LogP contribution < -0.4 is 4.74 Å². The summed E-state index contributed by atoms with van der Waals surface area (Å²) in [6.07, 6.45) is 0. The number of hydrogen-bond donors (Lipinski definition) is 0. The highest BCUT2D eigenvalue weighted by atomic mass is 16.5. The number of carbonyl (C=O) groups is 1. The van der Waals surface area contributed by atoms with Crippen LogP contribution in [-0.2, 0) is 4.74 Å². The Morgan fingerprint density at radius 3 is 2.71 bits per heavy atom. The number of benzene rings is 1. The predicted octanol–water partition coefficient (Wildman–Crippen LogP) is 2.34. The van der Waals surface area contributed by atoms with Crippen LogP contribution in [-0.4, -0.2) is 25.2 Å². The van der Waals surface area contributed by atoms with E-state index in [0.29, 0.717) is 11.4 Å². The van der Waals surface area contributed by atoms with Gasteiger partial charge in [0.25, 0.3) is 0 Å². The van der Waals surface area contributed by atoms with Crippen LogP contribution in [0.1, 0.15) is 15.9 Å². The first kappa shape index (κ1) is 11.4. The molecule has 0 bridgehead atoms. The number of aryl methyl sites for hydroxylation is 1. The van der Waals surface area contributed by atoms with Gasteiger partial charge in [0.2, 0.25) is 5.88 Å². The molecule has 17 heavy (non-hydrogen) atoms. The van der Waals surface area contributed by atoms with Crippen LogP contribution in [0.5, 0.6) is 5.88 Å². The van der Waals surface area contributed by atoms with E-state index in [2.05, 4.69) is 4.98 Å². The molecule has 4 heteroatoms. The molecule has 0 aliphatic heterocycles. The van der Waals surface area contributed by atoms with Gasteiger partial charge in [0.05, 0.1) is 25.3 Å². The Morgan fingerprint density at radius 1 is 1.29 bits per heavy atom. The molecule has 2 aromatic rings. The van der Waals surface area contributed by atoms with Crippen LogP contribution in [0.25, 0.3) is 10.9 Å². The van der Waals surface area contributed by atoms with E-state index in [4.69, 9.17) is 9.47 Å². The minimum atomic E-state index is -0.384. The average Bonchev–Trinajstić information content (AvgIpc) is 2.36. The molecule has 88 valence electrons. The molecule has 0 amide bonds. The van der Waals surface area contributed by atoms with Gasteiger partial charge >= 0.3 is 5.97 Å². The normalized spacial score (nSPS) is 10.3. The lowest BCUT2D eigenvalue weighted by molar-refractivity contribution is 0.0602. The van der Waals surface area contributed by atoms with Gasteiger partial charge in [0.1, 0.15) is 0 Å². The maximum absolute atomic E-state index is 11.7. The summed E-state index contributed by atoms with van der Waals surface area (Å²) in [6.45, 7) is 1.93. The van der Waals surface area contributed by atoms with E-state index in [1.54, 1.807) is 6.07 Å². The third-order valence-electron chi connectivity index (χ3n) is 2.63. The molecule has 1 aromatic heterocycles. The fourth-order valence-electron chi connectivity index (χ4n) is 1.82. The van der Waals surface area contributed by atoms with Crippen molar-refractivity contribution in [2.45, 2.75) is 6.92 Å². The lowest BCUT2D eigenvalue weighted by Gasteiger charge is -2.09. The lowest BCUT2D eigenvalue weighted by atomic mass is 10.0. The number of methoxy groups -OCH3 is 2. The molecule has 0 aliphatic carbocycles. The highest BCUT2D eigenvalue weighted by Crippen LogP contribution is 2.25. The monoisotopic (exact) mass is 231 g/mol. The van der Waals surface area contributed by atoms with Crippen molar-refractivity contribution in [3.05, 3.63) is 35.4 Å². The largest absolute Gasteiger partial charge is 0.481 e. The lowest BCUT2D eigenvalue weighted by Crippen LogP contribution is -2.04. The number of nitrogens with zero attached hydrogens (tertiary/aromatic N) is 1. The zero-order valence-corrected chi connectivity index (χ0v) is 9.98. The van der Waals surface area contributed by atoms with Crippen molar-refractivity contribution in [2.75, 3.05) is 14.2 Å². The van der Waals surface area contributed by atoms with Gasteiger partial charge in [-0.3, -0.25) is 0 Å². The first-order chi connectivity index (χ1) is 8.17. The first-order valence-corrected chi connectivity index (χ1v) is 5.20. The van der Waals surface area contributed by atoms with Crippen molar-refractivity contribution >= 4 is 16.9 Å². The van der Waals surface area contributed by atoms with Gasteiger partial charge in [0, 0.05) is 11.5 Å². The van der Waals surface area contributed by atoms with Crippen molar-refractivity contribution in [1.29, 1.82) is 0 Å². The third-order valence-corrected chi connectivity index (χ3v) is 2.63. The van der Waals surface area contributed by atoms with Gasteiger partial charge < -0.3 is 9.47 Å². The first-order valence-electron chi connectivity index (χ1n) is 5.20. The molecular weight excluding hydrogens is 218 g/mol. The van der Waals surface area contributed by atoms with E-state index >= 15 is 0 Å². The van der Waals surface area contributed by atoms with Crippen molar-refractivity contribution in [1.82, 2.24) is 4.98 Å². The molecule has 0 spiro atoms. The molecule has 0 saturated heterocycles. The van der Waals surface area contributed by atoms with E-state index in [0.717, 1.165) is 16.5 Å². The van der Waals surface area contributed by atoms with E-state index < -0.39 is 0 Å². The fourth-order valence-corrected chi connectivity index (χ4v) is 1.82. The summed E-state index contributed by atoms with van der Waals surface area (Å²) in [4.78, 5) is 16.0. The van der Waals surface area contributed by atoms with Crippen molar-refractivity contribution in [3.8, 4) is 5.88 Å². The van der Waals surface area contributed by atoms with Crippen molar-refractivity contribution in [3.63, 3.8) is 0 Å². The zero-order valence-electron chi connectivity index (χ0n) is 9.98. The molecule has 0 saturated carbocycles. The second kappa shape index (κ2) is 4.41. The number of esters is 1. The quantitative estimate of drug-likeness (QED) is 0.744. The van der Waals surface area contributed by atoms with Crippen LogP contribution in [0, 0.1) is 6.92 Å². The number of hydrogen-bond acceptors (Lipinski definition) is 4. The zero-order chi connectivity index (χ0) is 12.4. The number of rotatable bonds is 2. The van der Waals surface area contributed by atoms with Crippen LogP contribution in [0.2, 0.25) is 0 Å². The summed E-state index contributed by atoms with van der Waals surface area (Å²) in [6, 6.07) is 7.27. The minimum absolute atomic E-state index is 0.384. The Morgan fingerprint density at radius 2 is 2.06 bits per heavy atom. The van der Waals surface area contributed by atoms with E-state index in [9.17, 15) is 4.79 Å². The number of ether oxygens (including phenoxy) is 2. The molecular formula is C13H13NO3. The van der Waals surface area contributed by atoms with Gasteiger partial charge in [-0.05, 0) is 18.6 Å². The highest BCUT2D eigenvalue weighted by Gasteiger charge is 2.15. The van der Waals surface area contributed by atoms with Gasteiger partial charge in [-0.25, -0.2) is 9.78 Å². The maximum atomic E-state index is 11.7. The van der Waals surface area contributed by atoms with Gasteiger partial charge in [-0.2, -0.15) is 0 Å². The summed E-state index contributed by atoms with van der Waals surface area (Å²) >= 11 is 0. The Labute approximate surface area is 99.2 Å². The Balaban J connectivity index is 2.82. The molecule has 0 unspecified atom stereocenters. The molecule has 4 nitrogen and oxygen atoms in total. The van der Waals surface area contributed by atoms with Crippen LogP contribution in [0.15, 0.2) is 24.3 Å². The van der Waals surface area contributed by atoms with Gasteiger partial charge in [0.15, 0.2) is 0 Å². The number of aromatic nitrogens is 1. The number of carbonyl (C=O) groups excluding carboxylic acids is 1. The molecule has 2 rings (SSSR count). The van der Waals surface area contributed by atoms with Crippen LogP contribution >= 0.6 is 0 Å². The van der Waals surface area contributed by atoms with Crippen LogP contribution in [0.3, 0.4) is 0 Å². The van der Waals surface area contributed by atoms with E-state index in [1.165, 1.54) is 14.2 Å². The molecule has 1 heterocycles. The summed E-state index contributed by atoms with van der Waals surface area (Å²) in [5.41, 5.74) is 2.19. The predicted molar refractivity (Wildman–Crippen MR) is 64.4 cm³/mol. The highest BCUT2D eigenvalue weighted by molar-refractivity contribution is 6.05. The summed E-state index contributed by atoms with van der Waals surface area (Å²) in [5.74, 6) is 0.0218. The Bertz CT molecular complexity index is 578. The molecule has 0 aliphatic rings. The molecule has 1 aromatic carbocycles. The molecule has 0 atom stereocenters. The summed E-state index contributed by atoms with van der Waals surface area (Å²) in [7, 11) is 2.88. The Hall–Kier alpha value is -2.10. The number of fused-ring (bicyclic) bond motifs is 1. The Kier molecular flexibility index (Phi) is 2.95. The topological polar surface area (TPSA) is 48.4 Å². The maximum Gasteiger partial charge on any atom is 0.338 e. The van der Waals surface area contributed by atoms with E-state index in [-0.39, 0.29) is 5.97 Å². The van der Waals surface area contributed by atoms with Crippen molar-refractivity contribution < 1.29 is 14.3 Å².